The van der Waals surface area contributed by atoms with Gasteiger partial charge < -0.3 is 14.8 Å². The zero-order valence-corrected chi connectivity index (χ0v) is 10.7. The summed E-state index contributed by atoms with van der Waals surface area (Å²) in [6, 6.07) is 13.4. The van der Waals surface area contributed by atoms with Gasteiger partial charge in [-0.25, -0.2) is 4.39 Å². The second-order valence-electron chi connectivity index (χ2n) is 4.22. The summed E-state index contributed by atoms with van der Waals surface area (Å²) in [5.41, 5.74) is 1.11. The average molecular weight is 272 g/mol. The molecular weight excluding hydrogens is 258 g/mol. The van der Waals surface area contributed by atoms with Gasteiger partial charge in [0.1, 0.15) is 18.2 Å². The minimum absolute atomic E-state index is 0.0621. The van der Waals surface area contributed by atoms with E-state index in [2.05, 4.69) is 0 Å². The predicted molar refractivity (Wildman–Crippen MR) is 77.2 cm³/mol. The van der Waals surface area contributed by atoms with Crippen molar-refractivity contribution >= 4 is 18.7 Å². The summed E-state index contributed by atoms with van der Waals surface area (Å²) >= 11 is 0. The van der Waals surface area contributed by atoms with Crippen LogP contribution in [0.25, 0.3) is 6.08 Å². The van der Waals surface area contributed by atoms with Crippen molar-refractivity contribution in [3.8, 4) is 5.75 Å². The summed E-state index contributed by atoms with van der Waals surface area (Å²) in [4.78, 5) is 0. The molecule has 0 aliphatic heterocycles. The van der Waals surface area contributed by atoms with Gasteiger partial charge >= 0.3 is 7.12 Å². The molecule has 0 aromatic heterocycles. The molecule has 0 bridgehead atoms. The Morgan fingerprint density at radius 3 is 2.55 bits per heavy atom. The van der Waals surface area contributed by atoms with Gasteiger partial charge in [-0.1, -0.05) is 36.4 Å². The number of hydrogen-bond donors (Lipinski definition) is 2. The number of benzene rings is 2. The SMILES string of the molecule is OB(O)c1cc(F)cc(OC/C=C/c2ccccc2)c1. The number of halogens is 1. The van der Waals surface area contributed by atoms with Crippen LogP contribution in [0.4, 0.5) is 4.39 Å². The summed E-state index contributed by atoms with van der Waals surface area (Å²) < 4.78 is 18.6. The van der Waals surface area contributed by atoms with Gasteiger partial charge in [0.25, 0.3) is 0 Å². The first-order chi connectivity index (χ1) is 9.65. The number of hydrogen-bond acceptors (Lipinski definition) is 3. The summed E-state index contributed by atoms with van der Waals surface area (Å²) in [5, 5.41) is 18.0. The summed E-state index contributed by atoms with van der Waals surface area (Å²) in [5.74, 6) is -0.316. The summed E-state index contributed by atoms with van der Waals surface area (Å²) in [6.45, 7) is 0.263. The van der Waals surface area contributed by atoms with Gasteiger partial charge in [-0.2, -0.15) is 0 Å². The number of ether oxygens (including phenoxy) is 1. The molecular formula is C15H14BFO3. The van der Waals surface area contributed by atoms with Gasteiger partial charge in [-0.3, -0.25) is 0 Å². The maximum Gasteiger partial charge on any atom is 0.488 e. The Labute approximate surface area is 117 Å². The minimum atomic E-state index is -1.71. The highest BCUT2D eigenvalue weighted by atomic mass is 19.1. The first kappa shape index (κ1) is 14.3. The third-order valence-corrected chi connectivity index (χ3v) is 2.65. The molecule has 0 saturated heterocycles. The lowest BCUT2D eigenvalue weighted by Crippen LogP contribution is -2.30. The van der Waals surface area contributed by atoms with Crippen LogP contribution in [-0.4, -0.2) is 23.8 Å². The molecule has 102 valence electrons. The molecule has 20 heavy (non-hydrogen) atoms. The van der Waals surface area contributed by atoms with Crippen molar-refractivity contribution in [3.63, 3.8) is 0 Å². The van der Waals surface area contributed by atoms with E-state index in [4.69, 9.17) is 14.8 Å². The molecule has 2 aromatic carbocycles. The van der Waals surface area contributed by atoms with Crippen LogP contribution >= 0.6 is 0 Å². The molecule has 0 saturated carbocycles. The Balaban J connectivity index is 1.96. The van der Waals surface area contributed by atoms with Crippen LogP contribution < -0.4 is 10.2 Å². The highest BCUT2D eigenvalue weighted by Crippen LogP contribution is 2.11. The van der Waals surface area contributed by atoms with Crippen molar-refractivity contribution in [2.75, 3.05) is 6.61 Å². The quantitative estimate of drug-likeness (QED) is 0.813. The molecule has 2 rings (SSSR count). The molecule has 0 fully saturated rings. The second kappa shape index (κ2) is 6.89. The van der Waals surface area contributed by atoms with Crippen LogP contribution in [0, 0.1) is 5.82 Å². The first-order valence-corrected chi connectivity index (χ1v) is 6.16. The molecule has 0 unspecified atom stereocenters. The van der Waals surface area contributed by atoms with E-state index in [9.17, 15) is 4.39 Å². The Kier molecular flexibility index (Phi) is 4.93. The molecule has 0 radical (unpaired) electrons. The van der Waals surface area contributed by atoms with Crippen LogP contribution in [0.3, 0.4) is 0 Å². The molecule has 0 heterocycles. The van der Waals surface area contributed by atoms with E-state index < -0.39 is 12.9 Å². The fourth-order valence-corrected chi connectivity index (χ4v) is 1.71. The van der Waals surface area contributed by atoms with Crippen molar-refractivity contribution in [1.29, 1.82) is 0 Å². The Hall–Kier alpha value is -2.11. The normalized spacial score (nSPS) is 10.8. The maximum absolute atomic E-state index is 13.2. The van der Waals surface area contributed by atoms with E-state index in [-0.39, 0.29) is 17.8 Å². The van der Waals surface area contributed by atoms with E-state index in [1.165, 1.54) is 12.1 Å². The van der Waals surface area contributed by atoms with Crippen LogP contribution in [-0.2, 0) is 0 Å². The van der Waals surface area contributed by atoms with Gasteiger partial charge in [0.15, 0.2) is 0 Å². The number of rotatable bonds is 5. The first-order valence-electron chi connectivity index (χ1n) is 6.16. The molecule has 3 nitrogen and oxygen atoms in total. The van der Waals surface area contributed by atoms with E-state index in [0.29, 0.717) is 0 Å². The summed E-state index contributed by atoms with van der Waals surface area (Å²) in [7, 11) is -1.71. The maximum atomic E-state index is 13.2. The van der Waals surface area contributed by atoms with Crippen LogP contribution in [0.1, 0.15) is 5.56 Å². The molecule has 5 heteroatoms. The van der Waals surface area contributed by atoms with E-state index >= 15 is 0 Å². The lowest BCUT2D eigenvalue weighted by molar-refractivity contribution is 0.361. The fraction of sp³-hybridized carbons (Fsp3) is 0.0667. The largest absolute Gasteiger partial charge is 0.489 e. The van der Waals surface area contributed by atoms with Crippen LogP contribution in [0.2, 0.25) is 0 Å². The van der Waals surface area contributed by atoms with Crippen molar-refractivity contribution in [2.24, 2.45) is 0 Å². The molecule has 0 amide bonds. The third kappa shape index (κ3) is 4.22. The standard InChI is InChI=1S/C15H14BFO3/c17-14-9-13(16(18)19)10-15(11-14)20-8-4-7-12-5-2-1-3-6-12/h1-7,9-11,18-19H,8H2/b7-4+. The molecule has 0 atom stereocenters. The highest BCUT2D eigenvalue weighted by molar-refractivity contribution is 6.58. The van der Waals surface area contributed by atoms with Crippen molar-refractivity contribution in [1.82, 2.24) is 0 Å². The zero-order valence-electron chi connectivity index (χ0n) is 10.7. The smallest absolute Gasteiger partial charge is 0.488 e. The third-order valence-electron chi connectivity index (χ3n) is 2.65. The Morgan fingerprint density at radius 2 is 1.85 bits per heavy atom. The lowest BCUT2D eigenvalue weighted by Gasteiger charge is -2.06. The zero-order chi connectivity index (χ0) is 14.4. The van der Waals surface area contributed by atoms with Gasteiger partial charge in [0.2, 0.25) is 0 Å². The van der Waals surface area contributed by atoms with Gasteiger partial charge in [0, 0.05) is 6.07 Å². The average Bonchev–Trinajstić information content (AvgIpc) is 2.44. The van der Waals surface area contributed by atoms with E-state index in [1.54, 1.807) is 6.08 Å². The Morgan fingerprint density at radius 1 is 1.10 bits per heavy atom. The highest BCUT2D eigenvalue weighted by Gasteiger charge is 2.13. The monoisotopic (exact) mass is 272 g/mol. The van der Waals surface area contributed by atoms with E-state index in [1.807, 2.05) is 36.4 Å². The van der Waals surface area contributed by atoms with Gasteiger partial charge in [0.05, 0.1) is 0 Å². The van der Waals surface area contributed by atoms with Crippen molar-refractivity contribution in [3.05, 3.63) is 66.0 Å². The fourth-order valence-electron chi connectivity index (χ4n) is 1.71. The Bertz CT molecular complexity index is 585. The van der Waals surface area contributed by atoms with Crippen molar-refractivity contribution < 1.29 is 19.2 Å². The minimum Gasteiger partial charge on any atom is -0.489 e. The predicted octanol–water partition coefficient (Wildman–Crippen LogP) is 1.60. The molecule has 2 aromatic rings. The molecule has 0 aliphatic carbocycles. The van der Waals surface area contributed by atoms with Crippen molar-refractivity contribution in [2.45, 2.75) is 0 Å². The molecule has 2 N–H and O–H groups in total. The lowest BCUT2D eigenvalue weighted by atomic mass is 9.80. The van der Waals surface area contributed by atoms with Gasteiger partial charge in [-0.15, -0.1) is 0 Å². The summed E-state index contributed by atoms with van der Waals surface area (Å²) in [6.07, 6.45) is 3.69. The van der Waals surface area contributed by atoms with E-state index in [0.717, 1.165) is 11.6 Å². The topological polar surface area (TPSA) is 49.7 Å². The van der Waals surface area contributed by atoms with Gasteiger partial charge in [-0.05, 0) is 29.2 Å². The van der Waals surface area contributed by atoms with Crippen LogP contribution in [0.5, 0.6) is 5.75 Å². The molecule has 0 aliphatic rings. The van der Waals surface area contributed by atoms with Crippen LogP contribution in [0.15, 0.2) is 54.6 Å². The molecule has 0 spiro atoms. The second-order valence-corrected chi connectivity index (χ2v) is 4.22.